The monoisotopic (exact) mass is 834 g/mol. The normalized spacial score (nSPS) is 14.4. The number of allylic oxidation sites excluding steroid dienone is 4. The molecule has 51 heavy (non-hydrogen) atoms. The van der Waals surface area contributed by atoms with E-state index in [-0.39, 0.29) is 35.6 Å². The van der Waals surface area contributed by atoms with Gasteiger partial charge in [-0.3, -0.25) is 6.08 Å². The van der Waals surface area contributed by atoms with Crippen molar-refractivity contribution in [3.63, 3.8) is 0 Å². The van der Waals surface area contributed by atoms with E-state index >= 15 is 0 Å². The van der Waals surface area contributed by atoms with Gasteiger partial charge in [-0.25, -0.2) is 6.08 Å². The summed E-state index contributed by atoms with van der Waals surface area (Å²) >= 11 is 13.3. The van der Waals surface area contributed by atoms with Gasteiger partial charge in [0.25, 0.3) is 0 Å². The first-order valence-electron chi connectivity index (χ1n) is 17.5. The van der Waals surface area contributed by atoms with Gasteiger partial charge in [-0.05, 0) is 28.4 Å². The number of fused-ring (bicyclic) bond motifs is 3. The average molecular weight is 838 g/mol. The van der Waals surface area contributed by atoms with Crippen LogP contribution in [0.5, 0.6) is 0 Å². The zero-order valence-corrected chi connectivity index (χ0v) is 37.4. The van der Waals surface area contributed by atoms with E-state index in [1.54, 1.807) is 0 Å². The molecule has 0 saturated heterocycles. The Morgan fingerprint density at radius 1 is 0.725 bits per heavy atom. The minimum atomic E-state index is 0. The molecule has 1 atom stereocenters. The van der Waals surface area contributed by atoms with E-state index in [0.29, 0.717) is 11.3 Å². The summed E-state index contributed by atoms with van der Waals surface area (Å²) < 4.78 is 1.26. The third-order valence-corrected chi connectivity index (χ3v) is 10.9. The summed E-state index contributed by atoms with van der Waals surface area (Å²) in [5.74, 6) is 0.587. The minimum absolute atomic E-state index is 0. The Bertz CT molecular complexity index is 1740. The fourth-order valence-electron chi connectivity index (χ4n) is 5.94. The summed E-state index contributed by atoms with van der Waals surface area (Å²) in [6.07, 6.45) is 11.4. The van der Waals surface area contributed by atoms with E-state index in [9.17, 15) is 0 Å². The Hall–Kier alpha value is -1.73. The number of hydrogen-bond donors (Lipinski definition) is 0. The van der Waals surface area contributed by atoms with Crippen molar-refractivity contribution in [3.05, 3.63) is 152 Å². The van der Waals surface area contributed by atoms with Crippen LogP contribution in [0.15, 0.2) is 96.6 Å². The van der Waals surface area contributed by atoms with Gasteiger partial charge in [0.2, 0.25) is 0 Å². The van der Waals surface area contributed by atoms with E-state index in [0.717, 1.165) is 27.6 Å². The number of benzene rings is 4. The molecule has 0 spiro atoms. The first kappa shape index (κ1) is 45.4. The van der Waals surface area contributed by atoms with Crippen molar-refractivity contribution >= 4 is 26.4 Å². The van der Waals surface area contributed by atoms with Crippen LogP contribution in [-0.2, 0) is 41.5 Å². The maximum atomic E-state index is 5.98. The maximum Gasteiger partial charge on any atom is -1.00 e. The van der Waals surface area contributed by atoms with Crippen LogP contribution in [0.4, 0.5) is 0 Å². The van der Waals surface area contributed by atoms with Crippen LogP contribution in [0.1, 0.15) is 115 Å². The van der Waals surface area contributed by atoms with Crippen LogP contribution in [-0.4, -0.2) is 3.21 Å². The number of hydrogen-bond acceptors (Lipinski definition) is 0. The van der Waals surface area contributed by atoms with Gasteiger partial charge in [0.05, 0.1) is 0 Å². The Morgan fingerprint density at radius 2 is 1.29 bits per heavy atom. The van der Waals surface area contributed by atoms with Gasteiger partial charge in [0, 0.05) is 0 Å². The SMILES string of the molecule is CC(C)(C)c1[c-]c2c(cc1)-c1ccc(C(C)(C)C)cc1C2.CCCC1[C-]=CC(C(C)(C)C)=C1.Clc1cccc([C](=[Zr+2])c2cccc(Cl)c2)c1.[Cl-].[Cl-]. The van der Waals surface area contributed by atoms with Crippen LogP contribution in [0.3, 0.4) is 0 Å². The number of rotatable bonds is 4. The molecular formula is C46H52Cl4Zr-2. The molecule has 2 aliphatic rings. The van der Waals surface area contributed by atoms with Gasteiger partial charge in [0.1, 0.15) is 0 Å². The van der Waals surface area contributed by atoms with Crippen LogP contribution in [0.2, 0.25) is 10.0 Å². The summed E-state index contributed by atoms with van der Waals surface area (Å²) in [4.78, 5) is 0. The van der Waals surface area contributed by atoms with E-state index < -0.39 is 0 Å². The van der Waals surface area contributed by atoms with E-state index in [1.807, 2.05) is 36.4 Å². The van der Waals surface area contributed by atoms with Gasteiger partial charge >= 0.3 is 120 Å². The van der Waals surface area contributed by atoms with Gasteiger partial charge in [0.15, 0.2) is 0 Å². The zero-order chi connectivity index (χ0) is 36.1. The standard InChI is InChI=1S/C21H25.C13H8Cl2.C12H19.2ClH.Zr/c1-20(2,3)16-7-9-18-14(12-16)11-15-13-17(21(4,5)6)8-10-19(15)18;14-12-5-1-3-10(8-12)7-11-4-2-6-13(15)9-11;1-5-6-10-7-8-11(9-10)12(2,3)4;;;/h7-10,12H,11H2,1-6H3;1-6,8-9H;8-10H,5-6H2,1-4H3;2*1H;/q-1;;-1;;;+2/p-2. The van der Waals surface area contributed by atoms with Crippen LogP contribution in [0.25, 0.3) is 11.1 Å². The molecule has 0 heterocycles. The van der Waals surface area contributed by atoms with E-state index in [1.165, 1.54) is 79.2 Å². The average Bonchev–Trinajstić information content (AvgIpc) is 3.65. The van der Waals surface area contributed by atoms with E-state index in [2.05, 4.69) is 136 Å². The summed E-state index contributed by atoms with van der Waals surface area (Å²) in [6, 6.07) is 31.0. The van der Waals surface area contributed by atoms with Crippen LogP contribution >= 0.6 is 23.2 Å². The Balaban J connectivity index is 0.000000270. The smallest absolute Gasteiger partial charge is 1.00 e. The van der Waals surface area contributed by atoms with Gasteiger partial charge in [-0.1, -0.05) is 117 Å². The molecule has 0 aliphatic heterocycles. The Labute approximate surface area is 346 Å². The molecule has 270 valence electrons. The van der Waals surface area contributed by atoms with Crippen LogP contribution in [0, 0.1) is 23.5 Å². The topological polar surface area (TPSA) is 0 Å². The second-order valence-electron chi connectivity index (χ2n) is 16.3. The molecule has 4 aromatic carbocycles. The van der Waals surface area contributed by atoms with Gasteiger partial charge < -0.3 is 24.8 Å². The second kappa shape index (κ2) is 19.0. The second-order valence-corrected chi connectivity index (χ2v) is 18.4. The molecule has 0 N–H and O–H groups in total. The molecule has 0 aromatic heterocycles. The third-order valence-electron chi connectivity index (χ3n) is 8.99. The predicted molar refractivity (Wildman–Crippen MR) is 211 cm³/mol. The molecule has 0 fully saturated rings. The predicted octanol–water partition coefficient (Wildman–Crippen LogP) is 7.52. The molecular weight excluding hydrogens is 786 g/mol. The van der Waals surface area contributed by atoms with Crippen molar-refractivity contribution in [1.29, 1.82) is 0 Å². The maximum absolute atomic E-state index is 5.98. The van der Waals surface area contributed by atoms with Crippen LogP contribution < -0.4 is 24.8 Å². The summed E-state index contributed by atoms with van der Waals surface area (Å²) in [5, 5.41) is 1.53. The number of halogens is 4. The Kier molecular flexibility index (Phi) is 17.0. The van der Waals surface area contributed by atoms with Crippen molar-refractivity contribution in [2.75, 3.05) is 0 Å². The zero-order valence-electron chi connectivity index (χ0n) is 31.9. The molecule has 5 heteroatoms. The van der Waals surface area contributed by atoms with Crippen molar-refractivity contribution in [2.24, 2.45) is 11.3 Å². The summed E-state index contributed by atoms with van der Waals surface area (Å²) in [5.41, 5.74) is 12.8. The molecule has 2 aliphatic carbocycles. The fraction of sp³-hybridized carbons (Fsp3) is 0.370. The first-order chi connectivity index (χ1) is 22.9. The molecule has 1 unspecified atom stereocenters. The summed E-state index contributed by atoms with van der Waals surface area (Å²) in [6.45, 7) is 22.6. The van der Waals surface area contributed by atoms with E-state index in [4.69, 9.17) is 23.2 Å². The molecule has 0 amide bonds. The van der Waals surface area contributed by atoms with Crippen molar-refractivity contribution < 1.29 is 49.0 Å². The molecule has 4 aromatic rings. The third kappa shape index (κ3) is 12.7. The molecule has 0 bridgehead atoms. The summed E-state index contributed by atoms with van der Waals surface area (Å²) in [7, 11) is 0. The molecule has 0 saturated carbocycles. The molecule has 0 radical (unpaired) electrons. The fourth-order valence-corrected chi connectivity index (χ4v) is 7.08. The quantitative estimate of drug-likeness (QED) is 0.165. The van der Waals surface area contributed by atoms with Crippen molar-refractivity contribution in [1.82, 2.24) is 0 Å². The van der Waals surface area contributed by atoms with Gasteiger partial charge in [-0.15, -0.1) is 11.1 Å². The minimum Gasteiger partial charge on any atom is -1.00 e. The molecule has 0 nitrogen and oxygen atoms in total. The van der Waals surface area contributed by atoms with Crippen molar-refractivity contribution in [2.45, 2.75) is 99.3 Å². The van der Waals surface area contributed by atoms with Crippen molar-refractivity contribution in [3.8, 4) is 11.1 Å². The largest absolute Gasteiger partial charge is 1.00 e. The Morgan fingerprint density at radius 3 is 1.76 bits per heavy atom. The first-order valence-corrected chi connectivity index (χ1v) is 19.5. The molecule has 6 rings (SSSR count). The van der Waals surface area contributed by atoms with Gasteiger partial charge in [-0.2, -0.15) is 35.4 Å².